The molecule has 182 valence electrons. The van der Waals surface area contributed by atoms with Crippen molar-refractivity contribution in [3.63, 3.8) is 0 Å². The van der Waals surface area contributed by atoms with Crippen LogP contribution in [0, 0.1) is 0 Å². The number of nitrogens with zero attached hydrogens (tertiary/aromatic N) is 1. The van der Waals surface area contributed by atoms with Crippen molar-refractivity contribution in [3.05, 3.63) is 102 Å². The van der Waals surface area contributed by atoms with Crippen molar-refractivity contribution in [3.8, 4) is 0 Å². The molecule has 0 aliphatic carbocycles. The molecule has 3 aromatic carbocycles. The third-order valence-corrected chi connectivity index (χ3v) is 5.88. The van der Waals surface area contributed by atoms with Crippen molar-refractivity contribution in [1.29, 1.82) is 0 Å². The van der Waals surface area contributed by atoms with E-state index >= 15 is 0 Å². The molecule has 0 heterocycles. The van der Waals surface area contributed by atoms with Crippen molar-refractivity contribution in [2.45, 2.75) is 51.7 Å². The molecule has 6 nitrogen and oxygen atoms in total. The number of carbonyl (C=O) groups is 2. The molecule has 0 aromatic heterocycles. The van der Waals surface area contributed by atoms with Crippen molar-refractivity contribution in [2.75, 3.05) is 5.32 Å². The first-order chi connectivity index (χ1) is 16.7. The summed E-state index contributed by atoms with van der Waals surface area (Å²) in [5.41, 5.74) is 2.76. The molecular formula is C29H33N3O3. The van der Waals surface area contributed by atoms with Gasteiger partial charge in [0.25, 0.3) is 0 Å². The first-order valence-electron chi connectivity index (χ1n) is 11.8. The molecule has 0 saturated carbocycles. The van der Waals surface area contributed by atoms with Crippen LogP contribution in [0.3, 0.4) is 0 Å². The second-order valence-corrected chi connectivity index (χ2v) is 9.01. The summed E-state index contributed by atoms with van der Waals surface area (Å²) in [6, 6.07) is 25.8. The lowest BCUT2D eigenvalue weighted by Gasteiger charge is -2.30. The molecule has 0 aliphatic rings. The smallest absolute Gasteiger partial charge is 0.328 e. The number of rotatable bonds is 10. The van der Waals surface area contributed by atoms with Gasteiger partial charge in [0.1, 0.15) is 6.04 Å². The lowest BCUT2D eigenvalue weighted by Crippen LogP contribution is -2.50. The van der Waals surface area contributed by atoms with Crippen molar-refractivity contribution >= 4 is 23.3 Å². The van der Waals surface area contributed by atoms with E-state index in [1.165, 1.54) is 0 Å². The molecule has 0 unspecified atom stereocenters. The summed E-state index contributed by atoms with van der Waals surface area (Å²) in [5.74, 6) is -1.19. The van der Waals surface area contributed by atoms with Crippen LogP contribution in [0.4, 0.5) is 5.69 Å². The maximum atomic E-state index is 13.4. The van der Waals surface area contributed by atoms with Gasteiger partial charge in [0.05, 0.1) is 16.9 Å². The van der Waals surface area contributed by atoms with Crippen LogP contribution in [0.2, 0.25) is 0 Å². The molecule has 6 heteroatoms. The number of carbonyl (C=O) groups excluding carboxylic acids is 1. The summed E-state index contributed by atoms with van der Waals surface area (Å²) in [6.45, 7) is 7.50. The highest BCUT2D eigenvalue weighted by Gasteiger charge is 2.30. The third kappa shape index (κ3) is 6.64. The zero-order valence-corrected chi connectivity index (χ0v) is 20.7. The minimum atomic E-state index is -0.984. The number of hydrogen-bond acceptors (Lipinski definition) is 4. The fourth-order valence-corrected chi connectivity index (χ4v) is 3.88. The van der Waals surface area contributed by atoms with E-state index in [-0.39, 0.29) is 11.9 Å². The second-order valence-electron chi connectivity index (χ2n) is 9.01. The van der Waals surface area contributed by atoms with Gasteiger partial charge in [-0.1, -0.05) is 85.8 Å². The summed E-state index contributed by atoms with van der Waals surface area (Å²) in [5, 5.41) is 16.1. The van der Waals surface area contributed by atoms with Gasteiger partial charge in [-0.25, -0.2) is 4.79 Å². The van der Waals surface area contributed by atoms with Crippen LogP contribution in [0.5, 0.6) is 0 Å². The number of hydrogen-bond donors (Lipinski definition) is 3. The van der Waals surface area contributed by atoms with Gasteiger partial charge in [-0.2, -0.15) is 0 Å². The molecule has 35 heavy (non-hydrogen) atoms. The van der Waals surface area contributed by atoms with Gasteiger partial charge in [-0.05, 0) is 38.8 Å². The number of aliphatic carboxylic acids is 1. The Morgan fingerprint density at radius 1 is 0.914 bits per heavy atom. The van der Waals surface area contributed by atoms with Gasteiger partial charge in [0.15, 0.2) is 0 Å². The quantitative estimate of drug-likeness (QED) is 0.343. The van der Waals surface area contributed by atoms with Gasteiger partial charge >= 0.3 is 5.97 Å². The summed E-state index contributed by atoms with van der Waals surface area (Å²) in [6.07, 6.45) is 0.356. The molecule has 0 spiro atoms. The minimum absolute atomic E-state index is 0.0329. The predicted octanol–water partition coefficient (Wildman–Crippen LogP) is 5.46. The molecule has 3 aromatic rings. The van der Waals surface area contributed by atoms with Crippen molar-refractivity contribution in [2.24, 2.45) is 4.99 Å². The Labute approximate surface area is 207 Å². The molecule has 3 rings (SSSR count). The summed E-state index contributed by atoms with van der Waals surface area (Å²) >= 11 is 0. The maximum Gasteiger partial charge on any atom is 0.328 e. The van der Waals surface area contributed by atoms with E-state index < -0.39 is 17.6 Å². The van der Waals surface area contributed by atoms with E-state index in [2.05, 4.69) is 15.6 Å². The molecule has 0 fully saturated rings. The number of carboxylic acid groups (broad SMARTS) is 1. The number of benzene rings is 3. The zero-order valence-electron chi connectivity index (χ0n) is 20.7. The topological polar surface area (TPSA) is 90.8 Å². The summed E-state index contributed by atoms with van der Waals surface area (Å²) in [7, 11) is 0. The summed E-state index contributed by atoms with van der Waals surface area (Å²) < 4.78 is 0. The highest BCUT2D eigenvalue weighted by Crippen LogP contribution is 2.24. The standard InChI is InChI=1S/C29H33N3O3/c1-5-24(27(33)34)30-26(22-16-10-7-11-17-22)23-18-12-13-19-25(23)31-28(35)29(3,4)32-20(2)21-14-8-6-9-15-21/h6-20,24,32H,5H2,1-4H3,(H,31,35)(H,33,34)/t20-,24+/m0/s1. The molecular weight excluding hydrogens is 438 g/mol. The lowest BCUT2D eigenvalue weighted by molar-refractivity contribution is -0.138. The molecule has 0 saturated heterocycles. The zero-order chi connectivity index (χ0) is 25.4. The van der Waals surface area contributed by atoms with Crippen LogP contribution < -0.4 is 10.6 Å². The normalized spacial score (nSPS) is 13.7. The second kappa shape index (κ2) is 11.6. The van der Waals surface area contributed by atoms with Crippen LogP contribution in [0.25, 0.3) is 0 Å². The number of aliphatic imine (C=N–C) groups is 1. The van der Waals surface area contributed by atoms with Crippen LogP contribution >= 0.6 is 0 Å². The molecule has 0 bridgehead atoms. The SMILES string of the molecule is CC[C@@H](N=C(c1ccccc1)c1ccccc1NC(=O)C(C)(C)N[C@@H](C)c1ccccc1)C(=O)O. The van der Waals surface area contributed by atoms with E-state index in [4.69, 9.17) is 0 Å². The van der Waals surface area contributed by atoms with E-state index in [1.54, 1.807) is 6.92 Å². The lowest BCUT2D eigenvalue weighted by atomic mass is 9.97. The van der Waals surface area contributed by atoms with Crippen LogP contribution in [-0.4, -0.2) is 34.3 Å². The first kappa shape index (κ1) is 25.8. The van der Waals surface area contributed by atoms with Gasteiger partial charge in [-0.3, -0.25) is 15.1 Å². The largest absolute Gasteiger partial charge is 0.480 e. The fraction of sp³-hybridized carbons (Fsp3) is 0.276. The fourth-order valence-electron chi connectivity index (χ4n) is 3.88. The molecule has 3 N–H and O–H groups in total. The highest BCUT2D eigenvalue weighted by atomic mass is 16.4. The molecule has 0 radical (unpaired) electrons. The molecule has 0 aliphatic heterocycles. The number of nitrogens with one attached hydrogen (secondary N) is 2. The Kier molecular flexibility index (Phi) is 8.55. The Morgan fingerprint density at radius 3 is 2.09 bits per heavy atom. The van der Waals surface area contributed by atoms with Gasteiger partial charge in [-0.15, -0.1) is 0 Å². The maximum absolute atomic E-state index is 13.4. The average Bonchev–Trinajstić information content (AvgIpc) is 2.86. The Balaban J connectivity index is 1.93. The van der Waals surface area contributed by atoms with Crippen LogP contribution in [-0.2, 0) is 9.59 Å². The molecule has 1 amide bonds. The van der Waals surface area contributed by atoms with Gasteiger partial charge in [0, 0.05) is 17.2 Å². The van der Waals surface area contributed by atoms with E-state index in [1.807, 2.05) is 106 Å². The number of amides is 1. The highest BCUT2D eigenvalue weighted by molar-refractivity contribution is 6.18. The number of para-hydroxylation sites is 1. The molecule has 2 atom stereocenters. The monoisotopic (exact) mass is 471 g/mol. The van der Waals surface area contributed by atoms with Crippen LogP contribution in [0.1, 0.15) is 56.8 Å². The van der Waals surface area contributed by atoms with E-state index in [0.717, 1.165) is 11.1 Å². The Hall–Kier alpha value is -3.77. The van der Waals surface area contributed by atoms with Gasteiger partial charge < -0.3 is 10.4 Å². The Morgan fingerprint density at radius 2 is 1.49 bits per heavy atom. The minimum Gasteiger partial charge on any atom is -0.480 e. The van der Waals surface area contributed by atoms with Crippen molar-refractivity contribution < 1.29 is 14.7 Å². The van der Waals surface area contributed by atoms with Crippen molar-refractivity contribution in [1.82, 2.24) is 5.32 Å². The Bertz CT molecular complexity index is 1170. The third-order valence-electron chi connectivity index (χ3n) is 5.88. The van der Waals surface area contributed by atoms with Crippen LogP contribution in [0.15, 0.2) is 89.9 Å². The summed E-state index contributed by atoms with van der Waals surface area (Å²) in [4.78, 5) is 29.8. The van der Waals surface area contributed by atoms with E-state index in [0.29, 0.717) is 23.4 Å². The number of carboxylic acids is 1. The van der Waals surface area contributed by atoms with Gasteiger partial charge in [0.2, 0.25) is 5.91 Å². The average molecular weight is 472 g/mol. The predicted molar refractivity (Wildman–Crippen MR) is 141 cm³/mol. The number of anilines is 1. The first-order valence-corrected chi connectivity index (χ1v) is 11.8. The van der Waals surface area contributed by atoms with E-state index in [9.17, 15) is 14.7 Å².